The first-order chi connectivity index (χ1) is 14.0. The first-order valence-corrected chi connectivity index (χ1v) is 8.97. The molecule has 3 aromatic rings. The molecule has 0 unspecified atom stereocenters. The van der Waals surface area contributed by atoms with Crippen LogP contribution in [0, 0.1) is 21.4 Å². The van der Waals surface area contributed by atoms with E-state index in [4.69, 9.17) is 4.74 Å². The topological polar surface area (TPSA) is 131 Å². The van der Waals surface area contributed by atoms with Crippen molar-refractivity contribution < 1.29 is 14.5 Å². The van der Waals surface area contributed by atoms with Gasteiger partial charge in [0, 0.05) is 17.7 Å². The molecule has 0 aliphatic heterocycles. The fraction of sp³-hybridized carbons (Fsp3) is 0.0526. The second-order valence-corrected chi connectivity index (χ2v) is 6.59. The van der Waals surface area contributed by atoms with Crippen LogP contribution >= 0.6 is 11.3 Å². The number of nitriles is 1. The van der Waals surface area contributed by atoms with Crippen LogP contribution in [0.1, 0.15) is 20.9 Å². The number of nitro benzene ring substituents is 1. The quantitative estimate of drug-likeness (QED) is 0.374. The summed E-state index contributed by atoms with van der Waals surface area (Å²) in [7, 11) is 1.57. The van der Waals surface area contributed by atoms with Gasteiger partial charge in [0.05, 0.1) is 17.6 Å². The molecule has 3 rings (SSSR count). The molecule has 0 atom stereocenters. The number of allylic oxidation sites excluding steroid dienone is 1. The van der Waals surface area contributed by atoms with Crippen molar-refractivity contribution in [1.29, 1.82) is 5.26 Å². The SMILES string of the molecule is COc1ccc(/C=C(\C#N)c2nnc(NC(=O)c3ccc([N+](=O)[O-])cc3)s2)cc1. The van der Waals surface area contributed by atoms with Crippen molar-refractivity contribution in [1.82, 2.24) is 10.2 Å². The monoisotopic (exact) mass is 407 g/mol. The third kappa shape index (κ3) is 4.79. The highest BCUT2D eigenvalue weighted by molar-refractivity contribution is 7.16. The zero-order valence-electron chi connectivity index (χ0n) is 15.0. The number of carbonyl (C=O) groups excluding carboxylic acids is 1. The lowest BCUT2D eigenvalue weighted by Crippen LogP contribution is -2.11. The van der Waals surface area contributed by atoms with E-state index in [0.29, 0.717) is 16.3 Å². The Balaban J connectivity index is 1.74. The van der Waals surface area contributed by atoms with Crippen LogP contribution in [-0.2, 0) is 0 Å². The van der Waals surface area contributed by atoms with Crippen molar-refractivity contribution in [3.63, 3.8) is 0 Å². The maximum Gasteiger partial charge on any atom is 0.269 e. The molecule has 0 aliphatic carbocycles. The van der Waals surface area contributed by atoms with Crippen molar-refractivity contribution in [2.24, 2.45) is 0 Å². The number of rotatable bonds is 6. The summed E-state index contributed by atoms with van der Waals surface area (Å²) in [6.45, 7) is 0. The Morgan fingerprint density at radius 2 is 1.90 bits per heavy atom. The normalized spacial score (nSPS) is 10.8. The smallest absolute Gasteiger partial charge is 0.269 e. The number of non-ortho nitro benzene ring substituents is 1. The Morgan fingerprint density at radius 1 is 1.21 bits per heavy atom. The molecule has 0 bridgehead atoms. The Hall–Kier alpha value is -4.10. The average Bonchev–Trinajstić information content (AvgIpc) is 3.20. The summed E-state index contributed by atoms with van der Waals surface area (Å²) in [4.78, 5) is 22.4. The highest BCUT2D eigenvalue weighted by Gasteiger charge is 2.14. The van der Waals surface area contributed by atoms with Crippen LogP contribution in [0.4, 0.5) is 10.8 Å². The minimum Gasteiger partial charge on any atom is -0.497 e. The average molecular weight is 407 g/mol. The van der Waals surface area contributed by atoms with E-state index in [1.54, 1.807) is 37.5 Å². The van der Waals surface area contributed by atoms with Crippen molar-refractivity contribution in [2.75, 3.05) is 12.4 Å². The van der Waals surface area contributed by atoms with E-state index < -0.39 is 10.8 Å². The molecule has 144 valence electrons. The molecule has 9 nitrogen and oxygen atoms in total. The second-order valence-electron chi connectivity index (χ2n) is 5.61. The van der Waals surface area contributed by atoms with E-state index in [-0.39, 0.29) is 16.4 Å². The lowest BCUT2D eigenvalue weighted by Gasteiger charge is -2.00. The van der Waals surface area contributed by atoms with E-state index in [1.165, 1.54) is 24.3 Å². The van der Waals surface area contributed by atoms with Gasteiger partial charge >= 0.3 is 0 Å². The van der Waals surface area contributed by atoms with Crippen molar-refractivity contribution in [3.8, 4) is 11.8 Å². The standard InChI is InChI=1S/C19H13N5O4S/c1-28-16-8-2-12(3-9-16)10-14(11-20)18-22-23-19(29-18)21-17(25)13-4-6-15(7-5-13)24(26)27/h2-10H,1H3,(H,21,23,25)/b14-10+. The van der Waals surface area contributed by atoms with E-state index >= 15 is 0 Å². The van der Waals surface area contributed by atoms with Gasteiger partial charge in [0.25, 0.3) is 11.6 Å². The van der Waals surface area contributed by atoms with E-state index in [0.717, 1.165) is 16.9 Å². The van der Waals surface area contributed by atoms with Crippen LogP contribution in [0.5, 0.6) is 5.75 Å². The number of amides is 1. The van der Waals surface area contributed by atoms with E-state index in [2.05, 4.69) is 21.6 Å². The van der Waals surface area contributed by atoms with Gasteiger partial charge in [-0.15, -0.1) is 10.2 Å². The third-order valence-electron chi connectivity index (χ3n) is 3.76. The zero-order valence-corrected chi connectivity index (χ0v) is 15.8. The van der Waals surface area contributed by atoms with Gasteiger partial charge in [0.15, 0.2) is 5.01 Å². The van der Waals surface area contributed by atoms with Gasteiger partial charge in [0.1, 0.15) is 11.8 Å². The number of nitrogens with one attached hydrogen (secondary N) is 1. The first-order valence-electron chi connectivity index (χ1n) is 8.15. The molecule has 0 aliphatic rings. The van der Waals surface area contributed by atoms with Crippen LogP contribution in [0.25, 0.3) is 11.6 Å². The van der Waals surface area contributed by atoms with Gasteiger partial charge in [-0.05, 0) is 35.9 Å². The molecule has 1 aromatic heterocycles. The molecular formula is C19H13N5O4S. The Morgan fingerprint density at radius 3 is 2.48 bits per heavy atom. The lowest BCUT2D eigenvalue weighted by molar-refractivity contribution is -0.384. The summed E-state index contributed by atoms with van der Waals surface area (Å²) in [5.74, 6) is 0.216. The summed E-state index contributed by atoms with van der Waals surface area (Å²) in [6, 6.07) is 14.4. The Kier molecular flexibility index (Phi) is 5.91. The number of hydrogen-bond acceptors (Lipinski definition) is 8. The van der Waals surface area contributed by atoms with E-state index in [9.17, 15) is 20.2 Å². The molecule has 2 aromatic carbocycles. The molecule has 10 heteroatoms. The van der Waals surface area contributed by atoms with Gasteiger partial charge in [-0.1, -0.05) is 23.5 Å². The fourth-order valence-corrected chi connectivity index (χ4v) is 3.00. The number of nitro groups is 1. The van der Waals surface area contributed by atoms with Crippen LogP contribution in [-0.4, -0.2) is 28.1 Å². The molecule has 1 N–H and O–H groups in total. The Bertz CT molecular complexity index is 1110. The van der Waals surface area contributed by atoms with Gasteiger partial charge in [-0.2, -0.15) is 5.26 Å². The van der Waals surface area contributed by atoms with Crippen molar-refractivity contribution >= 4 is 39.7 Å². The third-order valence-corrected chi connectivity index (χ3v) is 4.64. The maximum absolute atomic E-state index is 12.3. The number of methoxy groups -OCH3 is 1. The van der Waals surface area contributed by atoms with Crippen molar-refractivity contribution in [3.05, 3.63) is 74.8 Å². The number of anilines is 1. The molecule has 1 amide bonds. The number of nitrogens with zero attached hydrogens (tertiary/aromatic N) is 4. The van der Waals surface area contributed by atoms with Gasteiger partial charge in [-0.3, -0.25) is 20.2 Å². The van der Waals surface area contributed by atoms with Crippen molar-refractivity contribution in [2.45, 2.75) is 0 Å². The number of ether oxygens (including phenoxy) is 1. The number of hydrogen-bond donors (Lipinski definition) is 1. The summed E-state index contributed by atoms with van der Waals surface area (Å²) in [5.41, 5.74) is 1.21. The number of benzene rings is 2. The van der Waals surface area contributed by atoms with Gasteiger partial charge in [-0.25, -0.2) is 0 Å². The highest BCUT2D eigenvalue weighted by atomic mass is 32.1. The largest absolute Gasteiger partial charge is 0.497 e. The predicted octanol–water partition coefficient (Wildman–Crippen LogP) is 3.77. The summed E-state index contributed by atoms with van der Waals surface area (Å²) in [5, 5.41) is 31.1. The molecule has 0 saturated carbocycles. The lowest BCUT2D eigenvalue weighted by atomic mass is 10.1. The summed E-state index contributed by atoms with van der Waals surface area (Å²) in [6.07, 6.45) is 1.65. The predicted molar refractivity (Wildman–Crippen MR) is 107 cm³/mol. The van der Waals surface area contributed by atoms with Gasteiger partial charge in [0.2, 0.25) is 5.13 Å². The summed E-state index contributed by atoms with van der Waals surface area (Å²) < 4.78 is 5.10. The fourth-order valence-electron chi connectivity index (χ4n) is 2.30. The number of aromatic nitrogens is 2. The van der Waals surface area contributed by atoms with E-state index in [1.807, 2.05) is 0 Å². The molecule has 29 heavy (non-hydrogen) atoms. The minimum absolute atomic E-state index is 0.109. The molecule has 0 spiro atoms. The van der Waals surface area contributed by atoms with Crippen LogP contribution < -0.4 is 10.1 Å². The zero-order chi connectivity index (χ0) is 20.8. The molecule has 0 saturated heterocycles. The molecular weight excluding hydrogens is 394 g/mol. The Labute approximate surface area is 169 Å². The first kappa shape index (κ1) is 19.7. The minimum atomic E-state index is -0.544. The second kappa shape index (κ2) is 8.73. The maximum atomic E-state index is 12.3. The highest BCUT2D eigenvalue weighted by Crippen LogP contribution is 2.25. The van der Waals surface area contributed by atoms with Crippen LogP contribution in [0.15, 0.2) is 48.5 Å². The van der Waals surface area contributed by atoms with Gasteiger partial charge < -0.3 is 4.74 Å². The molecule has 0 radical (unpaired) electrons. The number of carbonyl (C=O) groups is 1. The molecule has 1 heterocycles. The van der Waals surface area contributed by atoms with Crippen LogP contribution in [0.2, 0.25) is 0 Å². The molecule has 0 fully saturated rings. The summed E-state index contributed by atoms with van der Waals surface area (Å²) >= 11 is 1.05. The van der Waals surface area contributed by atoms with Crippen LogP contribution in [0.3, 0.4) is 0 Å².